The summed E-state index contributed by atoms with van der Waals surface area (Å²) in [6.45, 7) is 0.451. The fraction of sp³-hybridized carbons (Fsp3) is 0.143. The van der Waals surface area contributed by atoms with Gasteiger partial charge in [0.15, 0.2) is 5.82 Å². The van der Waals surface area contributed by atoms with Crippen LogP contribution in [-0.4, -0.2) is 14.5 Å². The van der Waals surface area contributed by atoms with Crippen molar-refractivity contribution in [2.45, 2.75) is 6.54 Å². The molecule has 0 fully saturated rings. The molecule has 21 heavy (non-hydrogen) atoms. The molecule has 3 rings (SSSR count). The molecule has 4 nitrogen and oxygen atoms in total. The zero-order valence-corrected chi connectivity index (χ0v) is 13.3. The lowest BCUT2D eigenvalue weighted by Crippen LogP contribution is -2.05. The average molecular weight is 342 g/mol. The summed E-state index contributed by atoms with van der Waals surface area (Å²) in [7, 11) is 1.92. The van der Waals surface area contributed by atoms with Crippen LogP contribution in [0.25, 0.3) is 11.0 Å². The van der Waals surface area contributed by atoms with Crippen LogP contribution >= 0.6 is 34.8 Å². The first-order valence-electron chi connectivity index (χ1n) is 6.21. The maximum atomic E-state index is 6.17. The van der Waals surface area contributed by atoms with Crippen molar-refractivity contribution in [2.75, 3.05) is 5.32 Å². The van der Waals surface area contributed by atoms with E-state index in [0.717, 1.165) is 16.6 Å². The molecule has 0 aliphatic carbocycles. The van der Waals surface area contributed by atoms with Crippen molar-refractivity contribution < 1.29 is 0 Å². The largest absolute Gasteiger partial charge is 0.364 e. The van der Waals surface area contributed by atoms with E-state index in [1.165, 1.54) is 0 Å². The highest BCUT2D eigenvalue weighted by atomic mass is 35.5. The Hall–Kier alpha value is -1.49. The Labute approximate surface area is 136 Å². The minimum atomic E-state index is 0.196. The first-order chi connectivity index (χ1) is 10.1. The summed E-state index contributed by atoms with van der Waals surface area (Å²) < 4.78 is 1.93. The minimum Gasteiger partial charge on any atom is -0.364 e. The van der Waals surface area contributed by atoms with Crippen molar-refractivity contribution in [3.05, 3.63) is 51.4 Å². The Morgan fingerprint density at radius 2 is 1.81 bits per heavy atom. The third-order valence-electron chi connectivity index (χ3n) is 3.19. The first-order valence-corrected chi connectivity index (χ1v) is 7.35. The van der Waals surface area contributed by atoms with Gasteiger partial charge in [-0.15, -0.1) is 0 Å². The summed E-state index contributed by atoms with van der Waals surface area (Å²) in [6, 6.07) is 7.30. The van der Waals surface area contributed by atoms with Gasteiger partial charge in [0.05, 0.1) is 5.52 Å². The topological polar surface area (TPSA) is 42.7 Å². The van der Waals surface area contributed by atoms with Crippen molar-refractivity contribution in [1.29, 1.82) is 0 Å². The average Bonchev–Trinajstić information content (AvgIpc) is 2.79. The summed E-state index contributed by atoms with van der Waals surface area (Å²) in [5.41, 5.74) is 2.48. The van der Waals surface area contributed by atoms with Crippen molar-refractivity contribution in [3.8, 4) is 0 Å². The number of nitrogens with zero attached hydrogens (tertiary/aromatic N) is 3. The van der Waals surface area contributed by atoms with E-state index in [1.807, 2.05) is 29.9 Å². The molecule has 2 aromatic heterocycles. The Morgan fingerprint density at radius 1 is 1.10 bits per heavy atom. The van der Waals surface area contributed by atoms with Crippen LogP contribution in [0.5, 0.6) is 0 Å². The second-order valence-electron chi connectivity index (χ2n) is 4.56. The number of hydrogen-bond acceptors (Lipinski definition) is 3. The van der Waals surface area contributed by atoms with Crippen LogP contribution in [0.3, 0.4) is 0 Å². The van der Waals surface area contributed by atoms with E-state index in [4.69, 9.17) is 34.8 Å². The van der Waals surface area contributed by atoms with Gasteiger partial charge in [0, 0.05) is 35.4 Å². The molecular formula is C14H11Cl3N4. The van der Waals surface area contributed by atoms with Gasteiger partial charge in [-0.3, -0.25) is 0 Å². The number of aromatic nitrogens is 3. The maximum absolute atomic E-state index is 6.17. The third kappa shape index (κ3) is 2.79. The van der Waals surface area contributed by atoms with E-state index in [1.54, 1.807) is 12.1 Å². The number of rotatable bonds is 3. The lowest BCUT2D eigenvalue weighted by Gasteiger charge is -2.11. The van der Waals surface area contributed by atoms with Gasteiger partial charge in [0.25, 0.3) is 0 Å². The van der Waals surface area contributed by atoms with Gasteiger partial charge in [-0.05, 0) is 29.8 Å². The molecule has 0 saturated heterocycles. The summed E-state index contributed by atoms with van der Waals surface area (Å²) in [6.07, 6.45) is 1.91. The molecule has 0 amide bonds. The molecular weight excluding hydrogens is 331 g/mol. The highest BCUT2D eigenvalue weighted by molar-refractivity contribution is 6.36. The van der Waals surface area contributed by atoms with Crippen LogP contribution in [0.1, 0.15) is 5.56 Å². The van der Waals surface area contributed by atoms with Crippen LogP contribution in [-0.2, 0) is 13.6 Å². The standard InChI is InChI=1S/C14H11Cl3N4/c1-21-6-5-11-12(21)13(20-14(17)19-11)18-7-8-9(15)3-2-4-10(8)16/h2-6H,7H2,1H3,(H,18,19,20). The van der Waals surface area contributed by atoms with Gasteiger partial charge < -0.3 is 9.88 Å². The second-order valence-corrected chi connectivity index (χ2v) is 5.71. The smallest absolute Gasteiger partial charge is 0.225 e. The molecule has 0 saturated carbocycles. The normalized spacial score (nSPS) is 11.0. The molecule has 0 atom stereocenters. The van der Waals surface area contributed by atoms with Crippen molar-refractivity contribution in [2.24, 2.45) is 7.05 Å². The van der Waals surface area contributed by atoms with E-state index < -0.39 is 0 Å². The maximum Gasteiger partial charge on any atom is 0.225 e. The van der Waals surface area contributed by atoms with Gasteiger partial charge >= 0.3 is 0 Å². The van der Waals surface area contributed by atoms with E-state index >= 15 is 0 Å². The van der Waals surface area contributed by atoms with Crippen molar-refractivity contribution in [1.82, 2.24) is 14.5 Å². The number of benzene rings is 1. The number of anilines is 1. The fourth-order valence-electron chi connectivity index (χ4n) is 2.16. The molecule has 0 aliphatic rings. The van der Waals surface area contributed by atoms with Gasteiger partial charge in [-0.25, -0.2) is 4.98 Å². The molecule has 3 aromatic rings. The summed E-state index contributed by atoms with van der Waals surface area (Å²) in [4.78, 5) is 8.43. The highest BCUT2D eigenvalue weighted by Crippen LogP contribution is 2.27. The monoisotopic (exact) mass is 340 g/mol. The second kappa shape index (κ2) is 5.72. The summed E-state index contributed by atoms with van der Waals surface area (Å²) >= 11 is 18.3. The predicted molar refractivity (Wildman–Crippen MR) is 87.3 cm³/mol. The van der Waals surface area contributed by atoms with Gasteiger partial charge in [-0.1, -0.05) is 29.3 Å². The SMILES string of the molecule is Cn1ccc2nc(Cl)nc(NCc3c(Cl)cccc3Cl)c21. The number of hydrogen-bond donors (Lipinski definition) is 1. The van der Waals surface area contributed by atoms with Gasteiger partial charge in [0.2, 0.25) is 5.28 Å². The Morgan fingerprint density at radius 3 is 2.52 bits per heavy atom. The Kier molecular flexibility index (Phi) is 3.93. The molecule has 1 N–H and O–H groups in total. The Bertz CT molecular complexity index is 793. The molecule has 7 heteroatoms. The van der Waals surface area contributed by atoms with Crippen molar-refractivity contribution >= 4 is 51.7 Å². The van der Waals surface area contributed by atoms with Crippen LogP contribution in [0.2, 0.25) is 15.3 Å². The van der Waals surface area contributed by atoms with Crippen LogP contribution in [0, 0.1) is 0 Å². The van der Waals surface area contributed by atoms with E-state index in [2.05, 4.69) is 15.3 Å². The van der Waals surface area contributed by atoms with Gasteiger partial charge in [-0.2, -0.15) is 4.98 Å². The number of halogens is 3. The molecule has 0 unspecified atom stereocenters. The fourth-order valence-corrected chi connectivity index (χ4v) is 2.87. The quantitative estimate of drug-likeness (QED) is 0.711. The van der Waals surface area contributed by atoms with Crippen LogP contribution in [0.4, 0.5) is 5.82 Å². The summed E-state index contributed by atoms with van der Waals surface area (Å²) in [5.74, 6) is 0.647. The highest BCUT2D eigenvalue weighted by Gasteiger charge is 2.11. The zero-order valence-electron chi connectivity index (χ0n) is 11.1. The Balaban J connectivity index is 1.97. The third-order valence-corrected chi connectivity index (χ3v) is 4.06. The van der Waals surface area contributed by atoms with Crippen LogP contribution in [0.15, 0.2) is 30.5 Å². The van der Waals surface area contributed by atoms with E-state index in [-0.39, 0.29) is 5.28 Å². The molecule has 2 heterocycles. The molecule has 0 spiro atoms. The zero-order chi connectivity index (χ0) is 15.0. The molecule has 1 aromatic carbocycles. The predicted octanol–water partition coefficient (Wildman–Crippen LogP) is 4.54. The first kappa shape index (κ1) is 14.4. The summed E-state index contributed by atoms with van der Waals surface area (Å²) in [5, 5.41) is 4.64. The van der Waals surface area contributed by atoms with Crippen LogP contribution < -0.4 is 5.32 Å². The lowest BCUT2D eigenvalue weighted by atomic mass is 10.2. The molecule has 0 radical (unpaired) electrons. The number of fused-ring (bicyclic) bond motifs is 1. The molecule has 108 valence electrons. The molecule has 0 aliphatic heterocycles. The molecule has 0 bridgehead atoms. The van der Waals surface area contributed by atoms with Gasteiger partial charge in [0.1, 0.15) is 5.52 Å². The lowest BCUT2D eigenvalue weighted by molar-refractivity contribution is 0.959. The minimum absolute atomic E-state index is 0.196. The number of nitrogens with one attached hydrogen (secondary N) is 1. The van der Waals surface area contributed by atoms with E-state index in [0.29, 0.717) is 22.4 Å². The van der Waals surface area contributed by atoms with E-state index in [9.17, 15) is 0 Å². The number of aryl methyl sites for hydroxylation is 1. The van der Waals surface area contributed by atoms with Crippen molar-refractivity contribution in [3.63, 3.8) is 0 Å².